The summed E-state index contributed by atoms with van der Waals surface area (Å²) in [6.07, 6.45) is -3.82. The number of carbonyl (C=O) groups excluding carboxylic acids is 1. The lowest BCUT2D eigenvalue weighted by atomic mass is 9.75. The minimum absolute atomic E-state index is 0.0773. The molecule has 2 aromatic heterocycles. The van der Waals surface area contributed by atoms with E-state index < -0.39 is 24.3 Å². The molecular formula is C22H23F6N3O5S. The molecule has 0 radical (unpaired) electrons. The maximum Gasteiger partial charge on any atom is 0.490 e. The Kier molecular flexibility index (Phi) is 10.0. The number of nitrogens with zero attached hydrogens (tertiary/aromatic N) is 2. The van der Waals surface area contributed by atoms with Gasteiger partial charge in [-0.1, -0.05) is 12.1 Å². The predicted molar refractivity (Wildman–Crippen MR) is 119 cm³/mol. The number of pyridine rings is 1. The van der Waals surface area contributed by atoms with Gasteiger partial charge in [0, 0.05) is 54.8 Å². The van der Waals surface area contributed by atoms with Crippen LogP contribution in [0.15, 0.2) is 42.0 Å². The molecule has 37 heavy (non-hydrogen) atoms. The van der Waals surface area contributed by atoms with Crippen molar-refractivity contribution in [2.75, 3.05) is 13.1 Å². The van der Waals surface area contributed by atoms with Crippen molar-refractivity contribution in [2.45, 2.75) is 49.6 Å². The number of carbonyl (C=O) groups is 3. The third-order valence-corrected chi connectivity index (χ3v) is 6.59. The fraction of sp³-hybridized carbons (Fsp3) is 0.455. The highest BCUT2D eigenvalue weighted by Gasteiger charge is 2.48. The summed E-state index contributed by atoms with van der Waals surface area (Å²) in [5.41, 5.74) is 1.11. The van der Waals surface area contributed by atoms with Crippen LogP contribution in [-0.2, 0) is 20.9 Å². The van der Waals surface area contributed by atoms with Gasteiger partial charge in [-0.15, -0.1) is 11.3 Å². The minimum atomic E-state index is -5.08. The molecule has 8 nitrogen and oxygen atoms in total. The summed E-state index contributed by atoms with van der Waals surface area (Å²) in [6, 6.07) is 8.39. The highest BCUT2D eigenvalue weighted by Crippen LogP contribution is 2.43. The van der Waals surface area contributed by atoms with E-state index in [1.807, 2.05) is 23.6 Å². The molecule has 0 aromatic carbocycles. The van der Waals surface area contributed by atoms with E-state index in [-0.39, 0.29) is 17.4 Å². The molecule has 204 valence electrons. The summed E-state index contributed by atoms with van der Waals surface area (Å²) in [5.74, 6) is -5.07. The monoisotopic (exact) mass is 555 g/mol. The Morgan fingerprint density at radius 2 is 1.62 bits per heavy atom. The third kappa shape index (κ3) is 9.00. The molecule has 2 saturated heterocycles. The molecule has 4 rings (SSSR count). The van der Waals surface area contributed by atoms with E-state index in [9.17, 15) is 31.1 Å². The number of piperidine rings is 1. The van der Waals surface area contributed by atoms with Gasteiger partial charge in [0.15, 0.2) is 0 Å². The quantitative estimate of drug-likeness (QED) is 0.489. The number of likely N-dealkylation sites (tertiary alicyclic amines) is 1. The lowest BCUT2D eigenvalue weighted by Gasteiger charge is -2.42. The summed E-state index contributed by atoms with van der Waals surface area (Å²) >= 11 is 1.82. The Hall–Kier alpha value is -3.20. The van der Waals surface area contributed by atoms with Crippen molar-refractivity contribution in [3.05, 3.63) is 52.5 Å². The highest BCUT2D eigenvalue weighted by atomic mass is 32.1. The first-order valence-electron chi connectivity index (χ1n) is 10.7. The molecule has 1 unspecified atom stereocenters. The molecule has 4 heterocycles. The number of thiophene rings is 1. The van der Waals surface area contributed by atoms with Crippen LogP contribution in [-0.4, -0.2) is 68.9 Å². The number of aliphatic carboxylic acids is 2. The van der Waals surface area contributed by atoms with Crippen LogP contribution in [0.3, 0.4) is 0 Å². The number of amides is 1. The van der Waals surface area contributed by atoms with Crippen LogP contribution >= 0.6 is 11.3 Å². The second-order valence-corrected chi connectivity index (χ2v) is 9.24. The van der Waals surface area contributed by atoms with E-state index >= 15 is 0 Å². The van der Waals surface area contributed by atoms with Crippen LogP contribution < -0.4 is 5.32 Å². The molecule has 2 aliphatic heterocycles. The molecular weight excluding hydrogens is 532 g/mol. The average molecular weight is 555 g/mol. The smallest absolute Gasteiger partial charge is 0.475 e. The van der Waals surface area contributed by atoms with Crippen LogP contribution in [0.4, 0.5) is 26.3 Å². The number of hydrogen-bond acceptors (Lipinski definition) is 6. The summed E-state index contributed by atoms with van der Waals surface area (Å²) in [4.78, 5) is 38.1. The number of hydrogen-bond donors (Lipinski definition) is 3. The van der Waals surface area contributed by atoms with Crippen LogP contribution in [0.25, 0.3) is 0 Å². The molecule has 2 fully saturated rings. The molecule has 2 aliphatic rings. The topological polar surface area (TPSA) is 120 Å². The van der Waals surface area contributed by atoms with Crippen molar-refractivity contribution in [1.29, 1.82) is 0 Å². The normalized spacial score (nSPS) is 19.2. The molecule has 1 amide bonds. The fourth-order valence-electron chi connectivity index (χ4n) is 4.02. The zero-order valence-electron chi connectivity index (χ0n) is 19.1. The lowest BCUT2D eigenvalue weighted by Crippen LogP contribution is -2.53. The van der Waals surface area contributed by atoms with Crippen molar-refractivity contribution in [3.8, 4) is 0 Å². The van der Waals surface area contributed by atoms with E-state index in [2.05, 4.69) is 38.8 Å². The van der Waals surface area contributed by atoms with Gasteiger partial charge in [0.1, 0.15) is 0 Å². The van der Waals surface area contributed by atoms with Gasteiger partial charge in [-0.3, -0.25) is 14.7 Å². The zero-order valence-corrected chi connectivity index (χ0v) is 19.9. The minimum Gasteiger partial charge on any atom is -0.475 e. The summed E-state index contributed by atoms with van der Waals surface area (Å²) in [6.45, 7) is 3.10. The van der Waals surface area contributed by atoms with E-state index in [1.54, 1.807) is 6.20 Å². The summed E-state index contributed by atoms with van der Waals surface area (Å²) in [7, 11) is 0. The fourth-order valence-corrected chi connectivity index (χ4v) is 4.77. The largest absolute Gasteiger partial charge is 0.490 e. The Morgan fingerprint density at radius 3 is 2.05 bits per heavy atom. The summed E-state index contributed by atoms with van der Waals surface area (Å²) in [5, 5.41) is 19.7. The van der Waals surface area contributed by atoms with Gasteiger partial charge in [-0.2, -0.15) is 26.3 Å². The summed E-state index contributed by atoms with van der Waals surface area (Å²) < 4.78 is 63.5. The van der Waals surface area contributed by atoms with Gasteiger partial charge in [0.25, 0.3) is 0 Å². The van der Waals surface area contributed by atoms with Gasteiger partial charge in [-0.05, 0) is 35.9 Å². The van der Waals surface area contributed by atoms with Gasteiger partial charge < -0.3 is 15.5 Å². The molecule has 1 spiro atoms. The Labute approximate surface area is 210 Å². The third-order valence-electron chi connectivity index (χ3n) is 5.72. The van der Waals surface area contributed by atoms with Gasteiger partial charge in [0.2, 0.25) is 5.91 Å². The first-order valence-corrected chi connectivity index (χ1v) is 11.6. The van der Waals surface area contributed by atoms with Gasteiger partial charge >= 0.3 is 24.3 Å². The van der Waals surface area contributed by atoms with E-state index in [0.29, 0.717) is 6.42 Å². The van der Waals surface area contributed by atoms with E-state index in [1.165, 1.54) is 10.4 Å². The first-order chi connectivity index (χ1) is 17.1. The van der Waals surface area contributed by atoms with Crippen LogP contribution in [0, 0.1) is 0 Å². The Morgan fingerprint density at radius 1 is 1.05 bits per heavy atom. The lowest BCUT2D eigenvalue weighted by molar-refractivity contribution is -0.193. The van der Waals surface area contributed by atoms with E-state index in [0.717, 1.165) is 32.5 Å². The second kappa shape index (κ2) is 12.4. The average Bonchev–Trinajstić information content (AvgIpc) is 3.43. The van der Waals surface area contributed by atoms with Crippen molar-refractivity contribution < 1.29 is 50.9 Å². The number of halogens is 6. The molecule has 0 aliphatic carbocycles. The molecule has 1 atom stereocenters. The highest BCUT2D eigenvalue weighted by molar-refractivity contribution is 7.09. The maximum absolute atomic E-state index is 12.1. The number of alkyl halides is 6. The molecule has 2 aromatic rings. The van der Waals surface area contributed by atoms with Crippen LogP contribution in [0.2, 0.25) is 0 Å². The molecule has 0 saturated carbocycles. The predicted octanol–water partition coefficient (Wildman–Crippen LogP) is 4.05. The molecule has 3 N–H and O–H groups in total. The second-order valence-electron chi connectivity index (χ2n) is 8.21. The number of nitrogens with one attached hydrogen (secondary N) is 1. The van der Waals surface area contributed by atoms with E-state index in [4.69, 9.17) is 19.8 Å². The number of carboxylic acids is 2. The number of carboxylic acid groups (broad SMARTS) is 2. The number of rotatable bonds is 3. The maximum atomic E-state index is 12.1. The van der Waals surface area contributed by atoms with Crippen molar-refractivity contribution in [2.24, 2.45) is 0 Å². The standard InChI is InChI=1S/C18H21N3OS.2C2HF3O2/c22-17-11-16(14-3-1-7-19-12-14)18(20-17)5-8-21(9-6-18)13-15-4-2-10-23-15;2*3-2(4,5)1(6)7/h1-4,7,10,12,16H,5-6,8-9,11,13H2,(H,20,22);2*(H,6,7). The van der Waals surface area contributed by atoms with Gasteiger partial charge in [-0.25, -0.2) is 9.59 Å². The van der Waals surface area contributed by atoms with Crippen molar-refractivity contribution in [1.82, 2.24) is 15.2 Å². The first kappa shape index (κ1) is 30.0. The molecule has 15 heteroatoms. The van der Waals surface area contributed by atoms with Gasteiger partial charge in [0.05, 0.1) is 0 Å². The van der Waals surface area contributed by atoms with Crippen LogP contribution in [0.1, 0.15) is 35.6 Å². The van der Waals surface area contributed by atoms with Crippen molar-refractivity contribution in [3.63, 3.8) is 0 Å². The number of aromatic nitrogens is 1. The van der Waals surface area contributed by atoms with Crippen LogP contribution in [0.5, 0.6) is 0 Å². The Bertz CT molecular complexity index is 1020. The van der Waals surface area contributed by atoms with Crippen molar-refractivity contribution >= 4 is 29.2 Å². The zero-order chi connectivity index (χ0) is 27.9. The SMILES string of the molecule is O=C(O)C(F)(F)F.O=C(O)C(F)(F)F.O=C1CC(c2cccnc2)C2(CCN(Cc3cccs3)CC2)N1. The Balaban J connectivity index is 0.000000286. The molecule has 0 bridgehead atoms.